The fourth-order valence-electron chi connectivity index (χ4n) is 2.32. The van der Waals surface area contributed by atoms with Crippen LogP contribution in [-0.2, 0) is 11.3 Å². The van der Waals surface area contributed by atoms with E-state index in [0.29, 0.717) is 17.8 Å². The van der Waals surface area contributed by atoms with Gasteiger partial charge in [0.15, 0.2) is 0 Å². The summed E-state index contributed by atoms with van der Waals surface area (Å²) in [6, 6.07) is 4.59. The van der Waals surface area contributed by atoms with Gasteiger partial charge in [0.05, 0.1) is 17.8 Å². The summed E-state index contributed by atoms with van der Waals surface area (Å²) in [4.78, 5) is 25.0. The van der Waals surface area contributed by atoms with Gasteiger partial charge in [-0.2, -0.15) is 0 Å². The number of fused-ring (bicyclic) bond motifs is 1. The van der Waals surface area contributed by atoms with E-state index in [2.05, 4.69) is 0 Å². The van der Waals surface area contributed by atoms with Gasteiger partial charge in [-0.05, 0) is 31.5 Å². The summed E-state index contributed by atoms with van der Waals surface area (Å²) in [6.07, 6.45) is 3.07. The number of phenolic OH excluding ortho intramolecular Hbond substituents is 1. The molecule has 0 bridgehead atoms. The second kappa shape index (κ2) is 5.21. The van der Waals surface area contributed by atoms with E-state index in [0.717, 1.165) is 5.56 Å². The maximum Gasteiger partial charge on any atom is 0.337 e. The molecule has 5 heteroatoms. The molecule has 2 rings (SSSR count). The summed E-state index contributed by atoms with van der Waals surface area (Å²) >= 11 is 0. The molecule has 20 heavy (non-hydrogen) atoms. The van der Waals surface area contributed by atoms with Crippen molar-refractivity contribution in [3.8, 4) is 5.75 Å². The molecule has 0 unspecified atom stereocenters. The van der Waals surface area contributed by atoms with E-state index in [1.54, 1.807) is 26.0 Å². The summed E-state index contributed by atoms with van der Waals surface area (Å²) in [5, 5.41) is 18.6. The highest BCUT2D eigenvalue weighted by Crippen LogP contribution is 2.31. The van der Waals surface area contributed by atoms with Crippen molar-refractivity contribution in [2.24, 2.45) is 0 Å². The monoisotopic (exact) mass is 273 g/mol. The summed E-state index contributed by atoms with van der Waals surface area (Å²) in [7, 11) is 0. The van der Waals surface area contributed by atoms with Crippen molar-refractivity contribution in [3.05, 3.63) is 52.7 Å². The molecule has 0 saturated heterocycles. The van der Waals surface area contributed by atoms with E-state index in [-0.39, 0.29) is 17.2 Å². The third kappa shape index (κ3) is 2.18. The zero-order chi connectivity index (χ0) is 14.9. The van der Waals surface area contributed by atoms with Gasteiger partial charge >= 0.3 is 5.97 Å². The van der Waals surface area contributed by atoms with Gasteiger partial charge in [-0.15, -0.1) is 0 Å². The number of nitrogens with zero attached hydrogens (tertiary/aromatic N) is 1. The molecule has 0 fully saturated rings. The Morgan fingerprint density at radius 2 is 2.00 bits per heavy atom. The number of carboxylic acid groups (broad SMARTS) is 1. The van der Waals surface area contributed by atoms with Gasteiger partial charge in [-0.25, -0.2) is 4.79 Å². The van der Waals surface area contributed by atoms with Crippen LogP contribution in [0.25, 0.3) is 0 Å². The Hall–Kier alpha value is -2.56. The number of carbonyl (C=O) groups is 2. The molecular formula is C15H15NO4. The fraction of sp³-hybridized carbons (Fsp3) is 0.200. The number of allylic oxidation sites excluding steroid dienone is 2. The SMILES string of the molecule is C/C=C(C(=O)O)\C(=C/C)N1Cc2ccc(O)cc2C1=O. The molecule has 1 aromatic rings. The standard InChI is InChI=1S/C15H15NO4/c1-3-11(15(19)20)13(4-2)16-8-9-5-6-10(17)7-12(9)14(16)18/h3-7,17H,8H2,1-2H3,(H,19,20)/b11-3+,13-4+. The van der Waals surface area contributed by atoms with Crippen LogP contribution < -0.4 is 0 Å². The van der Waals surface area contributed by atoms with Gasteiger partial charge in [0.1, 0.15) is 5.75 Å². The molecule has 0 spiro atoms. The van der Waals surface area contributed by atoms with Crippen LogP contribution in [0.15, 0.2) is 41.6 Å². The number of aliphatic carboxylic acids is 1. The predicted octanol–water partition coefficient (Wildman–Crippen LogP) is 2.28. The molecule has 0 saturated carbocycles. The average Bonchev–Trinajstić information content (AvgIpc) is 2.72. The van der Waals surface area contributed by atoms with E-state index in [1.807, 2.05) is 0 Å². The maximum absolute atomic E-state index is 12.3. The Balaban J connectivity index is 2.42. The van der Waals surface area contributed by atoms with Crippen molar-refractivity contribution < 1.29 is 19.8 Å². The van der Waals surface area contributed by atoms with Crippen LogP contribution in [0.2, 0.25) is 0 Å². The Morgan fingerprint density at radius 1 is 1.30 bits per heavy atom. The van der Waals surface area contributed by atoms with Gasteiger partial charge in [-0.3, -0.25) is 4.79 Å². The molecular weight excluding hydrogens is 258 g/mol. The normalized spacial score (nSPS) is 15.5. The summed E-state index contributed by atoms with van der Waals surface area (Å²) in [5.74, 6) is -1.36. The lowest BCUT2D eigenvalue weighted by molar-refractivity contribution is -0.132. The number of phenols is 1. The molecule has 0 aromatic heterocycles. The largest absolute Gasteiger partial charge is 0.508 e. The Kier molecular flexibility index (Phi) is 3.61. The second-order valence-corrected chi connectivity index (χ2v) is 4.41. The first-order valence-electron chi connectivity index (χ1n) is 6.19. The van der Waals surface area contributed by atoms with Gasteiger partial charge < -0.3 is 15.1 Å². The first kappa shape index (κ1) is 13.9. The molecule has 2 N–H and O–H groups in total. The topological polar surface area (TPSA) is 77.8 Å². The molecule has 0 aliphatic carbocycles. The molecule has 1 aromatic carbocycles. The Labute approximate surface area is 116 Å². The number of benzene rings is 1. The quantitative estimate of drug-likeness (QED) is 0.654. The number of rotatable bonds is 3. The lowest BCUT2D eigenvalue weighted by Crippen LogP contribution is -2.26. The van der Waals surface area contributed by atoms with Crippen LogP contribution in [0, 0.1) is 0 Å². The van der Waals surface area contributed by atoms with Crippen LogP contribution in [0.3, 0.4) is 0 Å². The van der Waals surface area contributed by atoms with Crippen molar-refractivity contribution in [2.75, 3.05) is 0 Å². The minimum atomic E-state index is -1.08. The Bertz CT molecular complexity index is 643. The molecule has 0 radical (unpaired) electrons. The zero-order valence-electron chi connectivity index (χ0n) is 11.3. The van der Waals surface area contributed by atoms with E-state index < -0.39 is 5.97 Å². The summed E-state index contributed by atoms with van der Waals surface area (Å²) in [5.41, 5.74) is 1.62. The third-order valence-electron chi connectivity index (χ3n) is 3.26. The van der Waals surface area contributed by atoms with Crippen molar-refractivity contribution in [1.82, 2.24) is 4.90 Å². The van der Waals surface area contributed by atoms with Gasteiger partial charge in [0, 0.05) is 5.56 Å². The van der Waals surface area contributed by atoms with Crippen LogP contribution in [0.5, 0.6) is 5.75 Å². The lowest BCUT2D eigenvalue weighted by Gasteiger charge is -2.20. The number of carbonyl (C=O) groups excluding carboxylic acids is 1. The maximum atomic E-state index is 12.3. The van der Waals surface area contributed by atoms with E-state index in [1.165, 1.54) is 23.1 Å². The van der Waals surface area contributed by atoms with Crippen molar-refractivity contribution in [3.63, 3.8) is 0 Å². The highest BCUT2D eigenvalue weighted by molar-refractivity contribution is 6.02. The number of amides is 1. The molecule has 1 amide bonds. The van der Waals surface area contributed by atoms with Crippen LogP contribution >= 0.6 is 0 Å². The molecule has 1 aliphatic rings. The number of carboxylic acids is 1. The highest BCUT2D eigenvalue weighted by atomic mass is 16.4. The van der Waals surface area contributed by atoms with Gasteiger partial charge in [-0.1, -0.05) is 18.2 Å². The van der Waals surface area contributed by atoms with Crippen molar-refractivity contribution in [1.29, 1.82) is 0 Å². The first-order chi connectivity index (χ1) is 9.49. The third-order valence-corrected chi connectivity index (χ3v) is 3.26. The summed E-state index contributed by atoms with van der Waals surface area (Å²) < 4.78 is 0. The molecule has 5 nitrogen and oxygen atoms in total. The average molecular weight is 273 g/mol. The van der Waals surface area contributed by atoms with E-state index in [9.17, 15) is 19.8 Å². The zero-order valence-corrected chi connectivity index (χ0v) is 11.3. The fourth-order valence-corrected chi connectivity index (χ4v) is 2.32. The van der Waals surface area contributed by atoms with Gasteiger partial charge in [0.25, 0.3) is 5.91 Å². The second-order valence-electron chi connectivity index (χ2n) is 4.41. The predicted molar refractivity (Wildman–Crippen MR) is 73.1 cm³/mol. The van der Waals surface area contributed by atoms with Crippen LogP contribution in [0.4, 0.5) is 0 Å². The number of hydrogen-bond acceptors (Lipinski definition) is 3. The first-order valence-corrected chi connectivity index (χ1v) is 6.19. The van der Waals surface area contributed by atoms with Crippen molar-refractivity contribution in [2.45, 2.75) is 20.4 Å². The molecule has 1 heterocycles. The molecule has 0 atom stereocenters. The molecule has 1 aliphatic heterocycles. The molecule has 104 valence electrons. The van der Waals surface area contributed by atoms with Crippen molar-refractivity contribution >= 4 is 11.9 Å². The minimum absolute atomic E-state index is 0.0190. The van der Waals surface area contributed by atoms with E-state index in [4.69, 9.17) is 0 Å². The van der Waals surface area contributed by atoms with Gasteiger partial charge in [0.2, 0.25) is 0 Å². The van der Waals surface area contributed by atoms with Crippen LogP contribution in [0.1, 0.15) is 29.8 Å². The Morgan fingerprint density at radius 3 is 2.55 bits per heavy atom. The summed E-state index contributed by atoms with van der Waals surface area (Å²) in [6.45, 7) is 3.61. The minimum Gasteiger partial charge on any atom is -0.508 e. The highest BCUT2D eigenvalue weighted by Gasteiger charge is 2.32. The van der Waals surface area contributed by atoms with E-state index >= 15 is 0 Å². The number of aromatic hydroxyl groups is 1. The van der Waals surface area contributed by atoms with Crippen LogP contribution in [-0.4, -0.2) is 27.0 Å². The smallest absolute Gasteiger partial charge is 0.337 e. The number of hydrogen-bond donors (Lipinski definition) is 2. The lowest BCUT2D eigenvalue weighted by atomic mass is 10.1.